The summed E-state index contributed by atoms with van der Waals surface area (Å²) in [6, 6.07) is 17.7. The second-order valence-corrected chi connectivity index (χ2v) is 4.25. The van der Waals surface area contributed by atoms with Crippen LogP contribution in [0, 0.1) is 0 Å². The third-order valence-electron chi connectivity index (χ3n) is 2.67. The standard InChI is InChI=1S/C15H17N3/c1-18(2)14-11-7-6-10-13(14)17-15(16)12-8-4-3-5-9-12/h3-11H,1-2H3,(H2,16,17). The maximum Gasteiger partial charge on any atom is 0.131 e. The van der Waals surface area contributed by atoms with Crippen LogP contribution in [0.5, 0.6) is 0 Å². The highest BCUT2D eigenvalue weighted by Gasteiger charge is 2.03. The molecule has 2 N–H and O–H groups in total. The molecule has 0 spiro atoms. The Morgan fingerprint density at radius 3 is 2.22 bits per heavy atom. The molecule has 3 nitrogen and oxygen atoms in total. The third kappa shape index (κ3) is 2.69. The predicted octanol–water partition coefficient (Wildman–Crippen LogP) is 2.79. The first-order valence-corrected chi connectivity index (χ1v) is 5.84. The van der Waals surface area contributed by atoms with Gasteiger partial charge in [-0.3, -0.25) is 0 Å². The number of nitrogens with two attached hydrogens (primary N) is 1. The number of nitrogens with zero attached hydrogens (tertiary/aromatic N) is 2. The van der Waals surface area contributed by atoms with Crippen molar-refractivity contribution in [3.63, 3.8) is 0 Å². The summed E-state index contributed by atoms with van der Waals surface area (Å²) in [6.07, 6.45) is 0. The van der Waals surface area contributed by atoms with E-state index in [1.165, 1.54) is 0 Å². The quantitative estimate of drug-likeness (QED) is 0.661. The Hall–Kier alpha value is -2.29. The van der Waals surface area contributed by atoms with Gasteiger partial charge < -0.3 is 10.6 Å². The molecule has 3 heteroatoms. The highest BCUT2D eigenvalue weighted by Crippen LogP contribution is 2.26. The van der Waals surface area contributed by atoms with Crippen LogP contribution < -0.4 is 10.6 Å². The van der Waals surface area contributed by atoms with Gasteiger partial charge in [-0.25, -0.2) is 4.99 Å². The van der Waals surface area contributed by atoms with Gasteiger partial charge >= 0.3 is 0 Å². The molecule has 0 aliphatic carbocycles. The lowest BCUT2D eigenvalue weighted by molar-refractivity contribution is 1.13. The molecule has 2 aromatic rings. The lowest BCUT2D eigenvalue weighted by atomic mass is 10.2. The van der Waals surface area contributed by atoms with Crippen molar-refractivity contribution < 1.29 is 0 Å². The van der Waals surface area contributed by atoms with E-state index in [2.05, 4.69) is 4.99 Å². The van der Waals surface area contributed by atoms with Crippen molar-refractivity contribution in [2.24, 2.45) is 10.7 Å². The number of anilines is 1. The fourth-order valence-electron chi connectivity index (χ4n) is 1.74. The van der Waals surface area contributed by atoms with Gasteiger partial charge in [-0.15, -0.1) is 0 Å². The summed E-state index contributed by atoms with van der Waals surface area (Å²) in [5.41, 5.74) is 8.89. The van der Waals surface area contributed by atoms with E-state index in [1.54, 1.807) is 0 Å². The normalized spacial score (nSPS) is 11.3. The van der Waals surface area contributed by atoms with Crippen LogP contribution in [0.25, 0.3) is 0 Å². The number of aliphatic imine (C=N–C) groups is 1. The Morgan fingerprint density at radius 2 is 1.56 bits per heavy atom. The van der Waals surface area contributed by atoms with Gasteiger partial charge in [0.05, 0.1) is 11.4 Å². The van der Waals surface area contributed by atoms with Crippen molar-refractivity contribution >= 4 is 17.2 Å². The second-order valence-electron chi connectivity index (χ2n) is 4.25. The molecular weight excluding hydrogens is 222 g/mol. The van der Waals surface area contributed by atoms with E-state index in [0.29, 0.717) is 5.84 Å². The summed E-state index contributed by atoms with van der Waals surface area (Å²) in [7, 11) is 3.99. The largest absolute Gasteiger partial charge is 0.383 e. The molecule has 2 rings (SSSR count). The molecule has 18 heavy (non-hydrogen) atoms. The summed E-state index contributed by atoms with van der Waals surface area (Å²) in [5.74, 6) is 0.532. The number of rotatable bonds is 3. The number of benzene rings is 2. The van der Waals surface area contributed by atoms with Gasteiger partial charge in [0.15, 0.2) is 0 Å². The lowest BCUT2D eigenvalue weighted by Gasteiger charge is -2.15. The van der Waals surface area contributed by atoms with E-state index in [1.807, 2.05) is 73.6 Å². The smallest absolute Gasteiger partial charge is 0.131 e. The zero-order chi connectivity index (χ0) is 13.0. The molecule has 0 saturated heterocycles. The Bertz CT molecular complexity index is 545. The molecule has 0 radical (unpaired) electrons. The molecule has 2 aromatic carbocycles. The van der Waals surface area contributed by atoms with Crippen LogP contribution in [0.2, 0.25) is 0 Å². The molecule has 0 atom stereocenters. The van der Waals surface area contributed by atoms with Crippen LogP contribution in [0.4, 0.5) is 11.4 Å². The van der Waals surface area contributed by atoms with E-state index in [0.717, 1.165) is 16.9 Å². The number of hydrogen-bond acceptors (Lipinski definition) is 2. The second kappa shape index (κ2) is 5.36. The average Bonchev–Trinajstić information content (AvgIpc) is 2.40. The van der Waals surface area contributed by atoms with Crippen LogP contribution in [0.15, 0.2) is 59.6 Å². The van der Waals surface area contributed by atoms with Gasteiger partial charge in [-0.1, -0.05) is 42.5 Å². The first kappa shape index (κ1) is 12.2. The molecule has 92 valence electrons. The number of hydrogen-bond donors (Lipinski definition) is 1. The molecule has 0 unspecified atom stereocenters. The first-order valence-electron chi connectivity index (χ1n) is 5.84. The molecule has 0 aliphatic rings. The van der Waals surface area contributed by atoms with Gasteiger partial charge in [0.25, 0.3) is 0 Å². The minimum Gasteiger partial charge on any atom is -0.383 e. The fourth-order valence-corrected chi connectivity index (χ4v) is 1.74. The van der Waals surface area contributed by atoms with Crippen molar-refractivity contribution in [3.8, 4) is 0 Å². The number of para-hydroxylation sites is 2. The van der Waals surface area contributed by atoms with Crippen LogP contribution >= 0.6 is 0 Å². The summed E-state index contributed by atoms with van der Waals surface area (Å²) in [5, 5.41) is 0. The van der Waals surface area contributed by atoms with Crippen molar-refractivity contribution in [3.05, 3.63) is 60.2 Å². The monoisotopic (exact) mass is 239 g/mol. The molecule has 0 aliphatic heterocycles. The summed E-state index contributed by atoms with van der Waals surface area (Å²) in [4.78, 5) is 6.53. The fraction of sp³-hybridized carbons (Fsp3) is 0.133. The molecule has 0 saturated carbocycles. The molecule has 0 heterocycles. The van der Waals surface area contributed by atoms with E-state index >= 15 is 0 Å². The average molecular weight is 239 g/mol. The zero-order valence-corrected chi connectivity index (χ0v) is 10.7. The summed E-state index contributed by atoms with van der Waals surface area (Å²) >= 11 is 0. The predicted molar refractivity (Wildman–Crippen MR) is 77.6 cm³/mol. The SMILES string of the molecule is CN(C)c1ccccc1N=C(N)c1ccccc1. The highest BCUT2D eigenvalue weighted by molar-refractivity contribution is 5.99. The lowest BCUT2D eigenvalue weighted by Crippen LogP contribution is -2.13. The van der Waals surface area contributed by atoms with E-state index in [9.17, 15) is 0 Å². The Morgan fingerprint density at radius 1 is 0.944 bits per heavy atom. The third-order valence-corrected chi connectivity index (χ3v) is 2.67. The van der Waals surface area contributed by atoms with Crippen molar-refractivity contribution in [1.82, 2.24) is 0 Å². The summed E-state index contributed by atoms with van der Waals surface area (Å²) in [6.45, 7) is 0. The maximum absolute atomic E-state index is 6.03. The maximum atomic E-state index is 6.03. The van der Waals surface area contributed by atoms with E-state index in [-0.39, 0.29) is 0 Å². The van der Waals surface area contributed by atoms with Gasteiger partial charge in [-0.05, 0) is 12.1 Å². The molecule has 0 bridgehead atoms. The van der Waals surface area contributed by atoms with Gasteiger partial charge in [0, 0.05) is 19.7 Å². The van der Waals surface area contributed by atoms with Gasteiger partial charge in [0.1, 0.15) is 5.84 Å². The van der Waals surface area contributed by atoms with Crippen molar-refractivity contribution in [1.29, 1.82) is 0 Å². The van der Waals surface area contributed by atoms with E-state index in [4.69, 9.17) is 5.73 Å². The molecule has 0 aromatic heterocycles. The topological polar surface area (TPSA) is 41.6 Å². The zero-order valence-electron chi connectivity index (χ0n) is 10.7. The number of amidine groups is 1. The van der Waals surface area contributed by atoms with Crippen LogP contribution in [-0.4, -0.2) is 19.9 Å². The minimum atomic E-state index is 0.532. The van der Waals surface area contributed by atoms with Crippen molar-refractivity contribution in [2.75, 3.05) is 19.0 Å². The molecular formula is C15H17N3. The Kier molecular flexibility index (Phi) is 3.63. The van der Waals surface area contributed by atoms with Gasteiger partial charge in [-0.2, -0.15) is 0 Å². The first-order chi connectivity index (χ1) is 8.68. The Labute approximate surface area is 108 Å². The van der Waals surface area contributed by atoms with Crippen molar-refractivity contribution in [2.45, 2.75) is 0 Å². The summed E-state index contributed by atoms with van der Waals surface area (Å²) < 4.78 is 0. The van der Waals surface area contributed by atoms with Crippen LogP contribution in [0.3, 0.4) is 0 Å². The highest BCUT2D eigenvalue weighted by atomic mass is 15.1. The van der Waals surface area contributed by atoms with Crippen LogP contribution in [0.1, 0.15) is 5.56 Å². The van der Waals surface area contributed by atoms with Crippen LogP contribution in [-0.2, 0) is 0 Å². The minimum absolute atomic E-state index is 0.532. The Balaban J connectivity index is 2.39. The van der Waals surface area contributed by atoms with E-state index < -0.39 is 0 Å². The van der Waals surface area contributed by atoms with Gasteiger partial charge in [0.2, 0.25) is 0 Å². The molecule has 0 fully saturated rings. The molecule has 0 amide bonds.